The van der Waals surface area contributed by atoms with Crippen LogP contribution in [0.5, 0.6) is 0 Å². The predicted molar refractivity (Wildman–Crippen MR) is 145 cm³/mol. The van der Waals surface area contributed by atoms with Gasteiger partial charge in [0, 0.05) is 33.7 Å². The highest BCUT2D eigenvalue weighted by Gasteiger charge is 2.60. The summed E-state index contributed by atoms with van der Waals surface area (Å²) >= 11 is 3.47. The van der Waals surface area contributed by atoms with Crippen molar-refractivity contribution in [3.8, 4) is 0 Å². The molecule has 3 aromatic rings. The van der Waals surface area contributed by atoms with Crippen LogP contribution < -0.4 is 4.72 Å². The Kier molecular flexibility index (Phi) is 9.34. The zero-order valence-electron chi connectivity index (χ0n) is 21.0. The summed E-state index contributed by atoms with van der Waals surface area (Å²) in [6.45, 7) is 7.92. The van der Waals surface area contributed by atoms with Crippen LogP contribution in [0.2, 0.25) is 0 Å². The Morgan fingerprint density at radius 3 is 2.25 bits per heavy atom. The van der Waals surface area contributed by atoms with Crippen LogP contribution in [0.1, 0.15) is 51.8 Å². The van der Waals surface area contributed by atoms with Crippen molar-refractivity contribution in [3.05, 3.63) is 70.3 Å². The molecule has 2 aromatic carbocycles. The molecular formula is C25H32BrF2N2O4PS. The van der Waals surface area contributed by atoms with E-state index in [1.54, 1.807) is 39.1 Å². The number of benzene rings is 2. The van der Waals surface area contributed by atoms with E-state index in [0.29, 0.717) is 17.4 Å². The first-order valence-electron chi connectivity index (χ1n) is 11.6. The van der Waals surface area contributed by atoms with Gasteiger partial charge in [-0.2, -0.15) is 8.78 Å². The number of aromatic nitrogens is 1. The van der Waals surface area contributed by atoms with Crippen molar-refractivity contribution >= 4 is 45.4 Å². The molecule has 3 rings (SSSR count). The van der Waals surface area contributed by atoms with Gasteiger partial charge in [0.1, 0.15) is 6.04 Å². The lowest BCUT2D eigenvalue weighted by Gasteiger charge is -2.33. The summed E-state index contributed by atoms with van der Waals surface area (Å²) in [5.74, 6) is 0. The van der Waals surface area contributed by atoms with Crippen LogP contribution in [-0.4, -0.2) is 32.4 Å². The molecule has 0 amide bonds. The smallest absolute Gasteiger partial charge is 0.343 e. The maximum absolute atomic E-state index is 16.3. The molecule has 198 valence electrons. The topological polar surface area (TPSA) is 69.6 Å². The van der Waals surface area contributed by atoms with Gasteiger partial charge in [0.05, 0.1) is 28.9 Å². The van der Waals surface area contributed by atoms with E-state index < -0.39 is 35.0 Å². The first-order chi connectivity index (χ1) is 16.8. The Hall–Kier alpha value is -1.42. The van der Waals surface area contributed by atoms with Crippen LogP contribution in [0.15, 0.2) is 59.2 Å². The number of rotatable bonds is 11. The summed E-state index contributed by atoms with van der Waals surface area (Å²) in [5, 5.41) is 0.511. The highest BCUT2D eigenvalue weighted by atomic mass is 79.9. The number of hydrogen-bond acceptors (Lipinski definition) is 4. The molecule has 1 N–H and O–H groups in total. The van der Waals surface area contributed by atoms with Crippen LogP contribution in [0.3, 0.4) is 0 Å². The molecule has 1 heterocycles. The van der Waals surface area contributed by atoms with E-state index in [9.17, 15) is 8.77 Å². The van der Waals surface area contributed by atoms with Crippen LogP contribution in [0, 0.1) is 0 Å². The van der Waals surface area contributed by atoms with Gasteiger partial charge in [0.2, 0.25) is 0 Å². The largest absolute Gasteiger partial charge is 0.401 e. The Labute approximate surface area is 222 Å². The van der Waals surface area contributed by atoms with E-state index in [1.165, 1.54) is 13.8 Å². The molecule has 6 nitrogen and oxygen atoms in total. The average molecular weight is 605 g/mol. The van der Waals surface area contributed by atoms with Gasteiger partial charge in [-0.25, -0.2) is 8.93 Å². The van der Waals surface area contributed by atoms with Gasteiger partial charge in [-0.3, -0.25) is 4.57 Å². The van der Waals surface area contributed by atoms with Gasteiger partial charge in [-0.15, -0.1) is 0 Å². The lowest BCUT2D eigenvalue weighted by molar-refractivity contribution is 0.0119. The number of halogens is 3. The molecule has 0 fully saturated rings. The molecule has 0 aliphatic rings. The SMILES string of the molecule is CCOP(=O)(OCC)C(F)(F)C(NS(=O)C(C)(C)C)c1cn(Cc2ccccc2)c2cc(Br)ccc12. The Morgan fingerprint density at radius 1 is 1.08 bits per heavy atom. The van der Waals surface area contributed by atoms with Crippen molar-refractivity contribution in [1.29, 1.82) is 0 Å². The van der Waals surface area contributed by atoms with Crippen LogP contribution >= 0.6 is 23.5 Å². The van der Waals surface area contributed by atoms with E-state index in [1.807, 2.05) is 41.0 Å². The maximum atomic E-state index is 16.3. The third-order valence-electron chi connectivity index (χ3n) is 5.47. The normalized spacial score (nSPS) is 14.8. The quantitative estimate of drug-likeness (QED) is 0.231. The Balaban J connectivity index is 2.25. The molecule has 0 bridgehead atoms. The third-order valence-corrected chi connectivity index (χ3v) is 9.71. The van der Waals surface area contributed by atoms with E-state index >= 15 is 8.78 Å². The fourth-order valence-electron chi connectivity index (χ4n) is 3.75. The van der Waals surface area contributed by atoms with Gasteiger partial charge < -0.3 is 13.6 Å². The highest BCUT2D eigenvalue weighted by molar-refractivity contribution is 9.10. The van der Waals surface area contributed by atoms with E-state index in [2.05, 4.69) is 20.7 Å². The maximum Gasteiger partial charge on any atom is 0.401 e. The summed E-state index contributed by atoms with van der Waals surface area (Å²) in [7, 11) is -6.86. The van der Waals surface area contributed by atoms with Gasteiger partial charge in [-0.05, 0) is 52.3 Å². The monoisotopic (exact) mass is 604 g/mol. The van der Waals surface area contributed by atoms with Crippen LogP contribution in [0.4, 0.5) is 8.78 Å². The molecule has 2 unspecified atom stereocenters. The number of alkyl halides is 2. The van der Waals surface area contributed by atoms with Gasteiger partial charge in [-0.1, -0.05) is 52.3 Å². The summed E-state index contributed by atoms with van der Waals surface area (Å²) in [5.41, 5.74) is -2.21. The lowest BCUT2D eigenvalue weighted by Crippen LogP contribution is -2.43. The molecular weight excluding hydrogens is 573 g/mol. The second-order valence-corrected chi connectivity index (χ2v) is 14.2. The predicted octanol–water partition coefficient (Wildman–Crippen LogP) is 7.40. The van der Waals surface area contributed by atoms with E-state index in [0.717, 1.165) is 10.0 Å². The zero-order valence-corrected chi connectivity index (χ0v) is 24.3. The van der Waals surface area contributed by atoms with Crippen molar-refractivity contribution in [3.63, 3.8) is 0 Å². The standard InChI is InChI=1S/C25H32BrF2N2O4PS/c1-6-33-35(31,34-7-2)25(27,28)23(29-36(32)24(3,4)5)21-17-30(16-18-11-9-8-10-12-18)22-15-19(26)13-14-20(21)22/h8-15,17,23,29H,6-7,16H2,1-5H3. The molecule has 0 aliphatic heterocycles. The van der Waals surface area contributed by atoms with E-state index in [4.69, 9.17) is 9.05 Å². The minimum absolute atomic E-state index is 0.149. The van der Waals surface area contributed by atoms with E-state index in [-0.39, 0.29) is 18.8 Å². The molecule has 1 aromatic heterocycles. The van der Waals surface area contributed by atoms with Gasteiger partial charge in [0.15, 0.2) is 0 Å². The molecule has 0 radical (unpaired) electrons. The van der Waals surface area contributed by atoms with Crippen LogP contribution in [0.25, 0.3) is 10.9 Å². The van der Waals surface area contributed by atoms with Crippen molar-refractivity contribution in [1.82, 2.24) is 9.29 Å². The van der Waals surface area contributed by atoms with Gasteiger partial charge in [0.25, 0.3) is 0 Å². The van der Waals surface area contributed by atoms with Crippen LogP contribution in [-0.2, 0) is 31.1 Å². The molecule has 36 heavy (non-hydrogen) atoms. The van der Waals surface area contributed by atoms with Crippen molar-refractivity contribution in [2.45, 2.75) is 57.6 Å². The average Bonchev–Trinajstić information content (AvgIpc) is 3.14. The minimum atomic E-state index is -4.95. The Morgan fingerprint density at radius 2 is 1.69 bits per heavy atom. The highest BCUT2D eigenvalue weighted by Crippen LogP contribution is 2.66. The summed E-state index contributed by atoms with van der Waals surface area (Å²) in [6.07, 6.45) is 1.60. The second-order valence-electron chi connectivity index (χ2n) is 9.21. The summed E-state index contributed by atoms with van der Waals surface area (Å²) in [4.78, 5) is 0. The zero-order chi connectivity index (χ0) is 26.7. The molecule has 11 heteroatoms. The fourth-order valence-corrected chi connectivity index (χ4v) is 6.64. The number of fused-ring (bicyclic) bond motifs is 1. The Bertz CT molecular complexity index is 1250. The third kappa shape index (κ3) is 6.17. The second kappa shape index (κ2) is 11.5. The molecule has 0 spiro atoms. The lowest BCUT2D eigenvalue weighted by atomic mass is 10.1. The van der Waals surface area contributed by atoms with Crippen molar-refractivity contribution < 1.29 is 26.6 Å². The molecule has 0 saturated carbocycles. The van der Waals surface area contributed by atoms with Crippen molar-refractivity contribution in [2.75, 3.05) is 13.2 Å². The van der Waals surface area contributed by atoms with Crippen molar-refractivity contribution in [2.24, 2.45) is 0 Å². The first kappa shape index (κ1) is 29.1. The fraction of sp³-hybridized carbons (Fsp3) is 0.440. The minimum Gasteiger partial charge on any atom is -0.343 e. The first-order valence-corrected chi connectivity index (χ1v) is 15.1. The molecule has 2 atom stereocenters. The molecule has 0 saturated heterocycles. The number of hydrogen-bond donors (Lipinski definition) is 1. The number of nitrogens with zero attached hydrogens (tertiary/aromatic N) is 1. The summed E-state index contributed by atoms with van der Waals surface area (Å²) < 4.78 is 73.5. The van der Waals surface area contributed by atoms with Gasteiger partial charge >= 0.3 is 13.3 Å². The summed E-state index contributed by atoms with van der Waals surface area (Å²) in [6, 6.07) is 13.0. The molecule has 0 aliphatic carbocycles. The number of nitrogens with one attached hydrogen (secondary N) is 1.